The third kappa shape index (κ3) is 5.64. The van der Waals surface area contributed by atoms with Crippen molar-refractivity contribution in [1.82, 2.24) is 10.7 Å². The highest BCUT2D eigenvalue weighted by Crippen LogP contribution is 2.11. The third-order valence-electron chi connectivity index (χ3n) is 4.41. The summed E-state index contributed by atoms with van der Waals surface area (Å²) in [5.41, 5.74) is 7.49. The maximum absolute atomic E-state index is 5.60. The normalized spacial score (nSPS) is 17.1. The van der Waals surface area contributed by atoms with E-state index in [1.54, 1.807) is 0 Å². The first-order valence-corrected chi connectivity index (χ1v) is 9.44. The summed E-state index contributed by atoms with van der Waals surface area (Å²) in [5.74, 6) is 0. The summed E-state index contributed by atoms with van der Waals surface area (Å²) < 4.78 is 5.60. The first kappa shape index (κ1) is 18.5. The molecule has 26 heavy (non-hydrogen) atoms. The van der Waals surface area contributed by atoms with E-state index < -0.39 is 0 Å². The van der Waals surface area contributed by atoms with E-state index >= 15 is 0 Å². The Morgan fingerprint density at radius 1 is 1.15 bits per heavy atom. The molecule has 1 atom stereocenters. The zero-order valence-electron chi connectivity index (χ0n) is 15.1. The summed E-state index contributed by atoms with van der Waals surface area (Å²) in [5, 5.41) is 8.30. The summed E-state index contributed by atoms with van der Waals surface area (Å²) in [6, 6.07) is 18.7. The number of hydrogen-bond donors (Lipinski definition) is 2. The first-order valence-electron chi connectivity index (χ1n) is 9.03. The zero-order valence-corrected chi connectivity index (χ0v) is 15.9. The van der Waals surface area contributed by atoms with Crippen molar-refractivity contribution in [3.05, 3.63) is 71.3 Å². The first-order chi connectivity index (χ1) is 12.7. The van der Waals surface area contributed by atoms with Crippen molar-refractivity contribution in [3.63, 3.8) is 0 Å². The van der Waals surface area contributed by atoms with Crippen molar-refractivity contribution in [2.75, 3.05) is 13.2 Å². The number of aryl methyl sites for hydroxylation is 1. The fourth-order valence-electron chi connectivity index (χ4n) is 2.91. The van der Waals surface area contributed by atoms with E-state index in [1.807, 2.05) is 18.2 Å². The lowest BCUT2D eigenvalue weighted by molar-refractivity contribution is 0.114. The molecule has 0 aromatic heterocycles. The molecule has 0 spiro atoms. The Morgan fingerprint density at radius 2 is 1.92 bits per heavy atom. The highest BCUT2D eigenvalue weighted by Gasteiger charge is 2.15. The van der Waals surface area contributed by atoms with E-state index in [-0.39, 0.29) is 6.10 Å². The molecule has 1 saturated heterocycles. The highest BCUT2D eigenvalue weighted by atomic mass is 32.1. The van der Waals surface area contributed by atoms with Gasteiger partial charge in [-0.05, 0) is 43.1 Å². The monoisotopic (exact) mass is 367 g/mol. The zero-order chi connectivity index (χ0) is 18.2. The molecule has 2 aromatic rings. The van der Waals surface area contributed by atoms with Crippen LogP contribution in [0.5, 0.6) is 0 Å². The number of nitrogens with one attached hydrogen (secondary N) is 2. The molecule has 1 aliphatic heterocycles. The van der Waals surface area contributed by atoms with Crippen LogP contribution >= 0.6 is 12.2 Å². The second-order valence-electron chi connectivity index (χ2n) is 6.54. The van der Waals surface area contributed by atoms with Crippen molar-refractivity contribution in [3.8, 4) is 0 Å². The molecule has 1 aliphatic rings. The predicted molar refractivity (Wildman–Crippen MR) is 111 cm³/mol. The Bertz CT molecular complexity index is 738. The van der Waals surface area contributed by atoms with Crippen molar-refractivity contribution in [2.24, 2.45) is 5.10 Å². The maximum atomic E-state index is 5.60. The Labute approximate surface area is 160 Å². The fraction of sp³-hybridized carbons (Fsp3) is 0.333. The van der Waals surface area contributed by atoms with Gasteiger partial charge in [0, 0.05) is 19.6 Å². The van der Waals surface area contributed by atoms with Gasteiger partial charge < -0.3 is 10.1 Å². The summed E-state index contributed by atoms with van der Waals surface area (Å²) >= 11 is 5.36. The Balaban J connectivity index is 1.66. The van der Waals surface area contributed by atoms with Crippen LogP contribution in [0, 0.1) is 6.92 Å². The van der Waals surface area contributed by atoms with E-state index in [9.17, 15) is 0 Å². The fourth-order valence-corrected chi connectivity index (χ4v) is 3.04. The topological polar surface area (TPSA) is 45.7 Å². The lowest BCUT2D eigenvalue weighted by Crippen LogP contribution is -2.37. The molecule has 0 bridgehead atoms. The SMILES string of the molecule is Cc1ccc(/C(Cc2ccccc2)=N/NC(=S)NC[C@@H]2CCCO2)cc1. The molecular formula is C21H25N3OS. The molecule has 136 valence electrons. The van der Waals surface area contributed by atoms with Crippen LogP contribution in [-0.4, -0.2) is 30.1 Å². The largest absolute Gasteiger partial charge is 0.376 e. The predicted octanol–water partition coefficient (Wildman–Crippen LogP) is 3.58. The molecule has 0 amide bonds. The van der Waals surface area contributed by atoms with Gasteiger partial charge in [-0.2, -0.15) is 5.10 Å². The smallest absolute Gasteiger partial charge is 0.187 e. The maximum Gasteiger partial charge on any atom is 0.187 e. The van der Waals surface area contributed by atoms with Crippen molar-refractivity contribution < 1.29 is 4.74 Å². The number of rotatable bonds is 6. The Kier molecular flexibility index (Phi) is 6.75. The van der Waals surface area contributed by atoms with Gasteiger partial charge >= 0.3 is 0 Å². The molecule has 0 aliphatic carbocycles. The van der Waals surface area contributed by atoms with Crippen molar-refractivity contribution in [1.29, 1.82) is 0 Å². The second kappa shape index (κ2) is 9.46. The quantitative estimate of drug-likeness (QED) is 0.465. The van der Waals surface area contributed by atoms with Crippen LogP contribution in [0.3, 0.4) is 0 Å². The molecule has 3 rings (SSSR count). The number of benzene rings is 2. The van der Waals surface area contributed by atoms with Gasteiger partial charge in [0.15, 0.2) is 5.11 Å². The van der Waals surface area contributed by atoms with Crippen LogP contribution in [-0.2, 0) is 11.2 Å². The summed E-state index contributed by atoms with van der Waals surface area (Å²) in [4.78, 5) is 0. The summed E-state index contributed by atoms with van der Waals surface area (Å²) in [6.07, 6.45) is 3.20. The van der Waals surface area contributed by atoms with Gasteiger partial charge in [0.05, 0.1) is 11.8 Å². The number of hydrogen-bond acceptors (Lipinski definition) is 3. The van der Waals surface area contributed by atoms with Crippen molar-refractivity contribution >= 4 is 23.0 Å². The van der Waals surface area contributed by atoms with Gasteiger partial charge in [-0.3, -0.25) is 5.43 Å². The van der Waals surface area contributed by atoms with Crippen LogP contribution in [0.1, 0.15) is 29.5 Å². The van der Waals surface area contributed by atoms with Crippen LogP contribution in [0.4, 0.5) is 0 Å². The van der Waals surface area contributed by atoms with E-state index in [2.05, 4.69) is 59.2 Å². The molecular weight excluding hydrogens is 342 g/mol. The van der Waals surface area contributed by atoms with Crippen LogP contribution in [0.25, 0.3) is 0 Å². The summed E-state index contributed by atoms with van der Waals surface area (Å²) in [6.45, 7) is 3.65. The molecule has 2 N–H and O–H groups in total. The minimum atomic E-state index is 0.250. The average molecular weight is 368 g/mol. The van der Waals surface area contributed by atoms with Gasteiger partial charge in [-0.25, -0.2) is 0 Å². The van der Waals surface area contributed by atoms with Gasteiger partial charge in [-0.15, -0.1) is 0 Å². The van der Waals surface area contributed by atoms with Crippen LogP contribution in [0.15, 0.2) is 59.7 Å². The van der Waals surface area contributed by atoms with Gasteiger partial charge in [0.2, 0.25) is 0 Å². The number of ether oxygens (including phenoxy) is 1. The lowest BCUT2D eigenvalue weighted by Gasteiger charge is -2.13. The Morgan fingerprint density at radius 3 is 2.62 bits per heavy atom. The van der Waals surface area contributed by atoms with E-state index in [0.717, 1.165) is 43.7 Å². The molecule has 1 heterocycles. The van der Waals surface area contributed by atoms with Crippen molar-refractivity contribution in [2.45, 2.75) is 32.3 Å². The van der Waals surface area contributed by atoms with Crippen LogP contribution < -0.4 is 10.7 Å². The minimum Gasteiger partial charge on any atom is -0.376 e. The number of thiocarbonyl (C=S) groups is 1. The number of nitrogens with zero attached hydrogens (tertiary/aromatic N) is 1. The van der Waals surface area contributed by atoms with E-state index in [4.69, 9.17) is 17.0 Å². The molecule has 5 heteroatoms. The molecule has 0 radical (unpaired) electrons. The second-order valence-corrected chi connectivity index (χ2v) is 6.95. The molecule has 0 unspecified atom stereocenters. The molecule has 1 fully saturated rings. The highest BCUT2D eigenvalue weighted by molar-refractivity contribution is 7.80. The van der Waals surface area contributed by atoms with Gasteiger partial charge in [-0.1, -0.05) is 60.2 Å². The van der Waals surface area contributed by atoms with E-state index in [0.29, 0.717) is 5.11 Å². The van der Waals surface area contributed by atoms with Crippen LogP contribution in [0.2, 0.25) is 0 Å². The molecule has 0 saturated carbocycles. The Hall–Kier alpha value is -2.24. The number of hydrazone groups is 1. The molecule has 2 aromatic carbocycles. The van der Waals surface area contributed by atoms with Gasteiger partial charge in [0.25, 0.3) is 0 Å². The molecule has 4 nitrogen and oxygen atoms in total. The van der Waals surface area contributed by atoms with E-state index in [1.165, 1.54) is 11.1 Å². The summed E-state index contributed by atoms with van der Waals surface area (Å²) in [7, 11) is 0. The minimum absolute atomic E-state index is 0.250. The average Bonchev–Trinajstić information content (AvgIpc) is 3.19. The lowest BCUT2D eigenvalue weighted by atomic mass is 10.0. The standard InChI is InChI=1S/C21H25N3OS/c1-16-9-11-18(12-10-16)20(14-17-6-3-2-4-7-17)23-24-21(26)22-15-19-8-5-13-25-19/h2-4,6-7,9-12,19H,5,8,13-15H2,1H3,(H2,22,24,26)/b23-20+/t19-/m0/s1. The third-order valence-corrected chi connectivity index (χ3v) is 4.64. The van der Waals surface area contributed by atoms with Gasteiger partial charge in [0.1, 0.15) is 0 Å².